The average Bonchev–Trinajstić information content (AvgIpc) is 2.51. The Labute approximate surface area is 116 Å². The summed E-state index contributed by atoms with van der Waals surface area (Å²) in [5.41, 5.74) is 4.76. The largest absolute Gasteiger partial charge is 0.310 e. The van der Waals surface area contributed by atoms with E-state index >= 15 is 0 Å². The second-order valence-electron chi connectivity index (χ2n) is 6.12. The van der Waals surface area contributed by atoms with Crippen LogP contribution in [0.2, 0.25) is 0 Å². The van der Waals surface area contributed by atoms with Crippen LogP contribution in [0.25, 0.3) is 0 Å². The molecule has 0 radical (unpaired) electrons. The standard InChI is InChI=1S/C16H25NS/c1-5-17-15-8-9-18-11-12-6-7-13(10-14(12)15)16(2,3)4/h6-7,10,15,17H,5,8-9,11H2,1-4H3. The monoisotopic (exact) mass is 263 g/mol. The Balaban J connectivity index is 2.39. The van der Waals surface area contributed by atoms with E-state index in [0.717, 1.165) is 6.54 Å². The van der Waals surface area contributed by atoms with Gasteiger partial charge in [-0.2, -0.15) is 11.8 Å². The van der Waals surface area contributed by atoms with Gasteiger partial charge in [0.15, 0.2) is 0 Å². The summed E-state index contributed by atoms with van der Waals surface area (Å²) in [6, 6.07) is 7.64. The number of hydrogen-bond acceptors (Lipinski definition) is 2. The van der Waals surface area contributed by atoms with Gasteiger partial charge in [-0.05, 0) is 40.8 Å². The van der Waals surface area contributed by atoms with Crippen LogP contribution in [0.4, 0.5) is 0 Å². The van der Waals surface area contributed by atoms with Gasteiger partial charge in [-0.25, -0.2) is 0 Å². The summed E-state index contributed by atoms with van der Waals surface area (Å²) in [6.07, 6.45) is 1.25. The van der Waals surface area contributed by atoms with Gasteiger partial charge in [-0.15, -0.1) is 0 Å². The molecule has 0 amide bonds. The summed E-state index contributed by atoms with van der Waals surface area (Å²) in [5, 5.41) is 3.65. The Morgan fingerprint density at radius 3 is 2.78 bits per heavy atom. The first-order valence-electron chi connectivity index (χ1n) is 6.97. The summed E-state index contributed by atoms with van der Waals surface area (Å²) in [6.45, 7) is 10.1. The number of nitrogens with one attached hydrogen (secondary N) is 1. The van der Waals surface area contributed by atoms with Crippen LogP contribution in [0.5, 0.6) is 0 Å². The molecule has 1 N–H and O–H groups in total. The van der Waals surface area contributed by atoms with Crippen LogP contribution in [0.15, 0.2) is 18.2 Å². The van der Waals surface area contributed by atoms with E-state index in [1.165, 1.54) is 34.6 Å². The summed E-state index contributed by atoms with van der Waals surface area (Å²) in [5.74, 6) is 2.43. The maximum Gasteiger partial charge on any atom is 0.0331 e. The van der Waals surface area contributed by atoms with E-state index in [4.69, 9.17) is 0 Å². The molecular weight excluding hydrogens is 238 g/mol. The molecule has 0 saturated heterocycles. The van der Waals surface area contributed by atoms with Crippen molar-refractivity contribution in [3.63, 3.8) is 0 Å². The van der Waals surface area contributed by atoms with Gasteiger partial charge >= 0.3 is 0 Å². The predicted molar refractivity (Wildman–Crippen MR) is 82.3 cm³/mol. The number of fused-ring (bicyclic) bond motifs is 1. The molecule has 2 heteroatoms. The average molecular weight is 263 g/mol. The fraction of sp³-hybridized carbons (Fsp3) is 0.625. The first kappa shape index (κ1) is 14.0. The van der Waals surface area contributed by atoms with E-state index < -0.39 is 0 Å². The molecule has 18 heavy (non-hydrogen) atoms. The topological polar surface area (TPSA) is 12.0 Å². The van der Waals surface area contributed by atoms with Crippen LogP contribution in [0.1, 0.15) is 56.8 Å². The van der Waals surface area contributed by atoms with Crippen molar-refractivity contribution in [3.05, 3.63) is 34.9 Å². The molecule has 100 valence electrons. The normalized spacial score (nSPS) is 20.3. The van der Waals surface area contributed by atoms with Gasteiger partial charge < -0.3 is 5.32 Å². The van der Waals surface area contributed by atoms with Crippen molar-refractivity contribution in [1.29, 1.82) is 0 Å². The molecule has 0 aliphatic carbocycles. The summed E-state index contributed by atoms with van der Waals surface area (Å²) < 4.78 is 0. The SMILES string of the molecule is CCNC1CCSCc2ccc(C(C)(C)C)cc21. The summed E-state index contributed by atoms with van der Waals surface area (Å²) in [7, 11) is 0. The third-order valence-electron chi connectivity index (χ3n) is 3.65. The maximum absolute atomic E-state index is 3.65. The minimum absolute atomic E-state index is 0.241. The number of benzene rings is 1. The van der Waals surface area contributed by atoms with Crippen molar-refractivity contribution in [1.82, 2.24) is 5.32 Å². The lowest BCUT2D eigenvalue weighted by Crippen LogP contribution is -2.22. The third kappa shape index (κ3) is 3.10. The first-order chi connectivity index (χ1) is 8.52. The van der Waals surface area contributed by atoms with Gasteiger partial charge in [0, 0.05) is 11.8 Å². The maximum atomic E-state index is 3.65. The van der Waals surface area contributed by atoms with E-state index in [-0.39, 0.29) is 5.41 Å². The summed E-state index contributed by atoms with van der Waals surface area (Å²) >= 11 is 2.06. The molecule has 2 rings (SSSR count). The van der Waals surface area contributed by atoms with Crippen LogP contribution < -0.4 is 5.32 Å². The highest BCUT2D eigenvalue weighted by Gasteiger charge is 2.21. The molecule has 1 aliphatic rings. The van der Waals surface area contributed by atoms with Crippen LogP contribution >= 0.6 is 11.8 Å². The highest BCUT2D eigenvalue weighted by molar-refractivity contribution is 7.98. The van der Waals surface area contributed by atoms with Crippen molar-refractivity contribution in [2.45, 2.75) is 51.3 Å². The second kappa shape index (κ2) is 5.66. The molecule has 1 heterocycles. The van der Waals surface area contributed by atoms with Gasteiger partial charge in [0.25, 0.3) is 0 Å². The molecule has 1 nitrogen and oxygen atoms in total. The molecule has 1 aliphatic heterocycles. The molecule has 0 spiro atoms. The second-order valence-corrected chi connectivity index (χ2v) is 7.22. The molecule has 1 unspecified atom stereocenters. The van der Waals surface area contributed by atoms with Crippen LogP contribution in [-0.2, 0) is 11.2 Å². The molecule has 0 fully saturated rings. The Morgan fingerprint density at radius 1 is 1.33 bits per heavy atom. The van der Waals surface area contributed by atoms with Crippen LogP contribution in [-0.4, -0.2) is 12.3 Å². The number of hydrogen-bond donors (Lipinski definition) is 1. The highest BCUT2D eigenvalue weighted by Crippen LogP contribution is 2.34. The van der Waals surface area contributed by atoms with Crippen molar-refractivity contribution < 1.29 is 0 Å². The zero-order valence-corrected chi connectivity index (χ0v) is 12.9. The Morgan fingerprint density at radius 2 is 2.11 bits per heavy atom. The molecular formula is C16H25NS. The predicted octanol–water partition coefficient (Wildman–Crippen LogP) is 4.27. The molecule has 1 aromatic rings. The quantitative estimate of drug-likeness (QED) is 0.855. The van der Waals surface area contributed by atoms with Crippen molar-refractivity contribution in [2.24, 2.45) is 0 Å². The van der Waals surface area contributed by atoms with Gasteiger partial charge in [0.05, 0.1) is 0 Å². The molecule has 0 bridgehead atoms. The van der Waals surface area contributed by atoms with Crippen molar-refractivity contribution in [3.8, 4) is 0 Å². The molecule has 1 aromatic carbocycles. The van der Waals surface area contributed by atoms with E-state index in [2.05, 4.69) is 63.0 Å². The first-order valence-corrected chi connectivity index (χ1v) is 8.12. The van der Waals surface area contributed by atoms with Gasteiger partial charge in [-0.3, -0.25) is 0 Å². The smallest absolute Gasteiger partial charge is 0.0331 e. The Bertz CT molecular complexity index is 406. The van der Waals surface area contributed by atoms with E-state index in [1.54, 1.807) is 0 Å². The van der Waals surface area contributed by atoms with Gasteiger partial charge in [-0.1, -0.05) is 45.9 Å². The van der Waals surface area contributed by atoms with Gasteiger partial charge in [0.1, 0.15) is 0 Å². The third-order valence-corrected chi connectivity index (χ3v) is 4.69. The fourth-order valence-corrected chi connectivity index (χ4v) is 3.54. The minimum Gasteiger partial charge on any atom is -0.310 e. The lowest BCUT2D eigenvalue weighted by molar-refractivity contribution is 0.535. The highest BCUT2D eigenvalue weighted by atomic mass is 32.2. The minimum atomic E-state index is 0.241. The molecule has 0 saturated carbocycles. The van der Waals surface area contributed by atoms with E-state index in [9.17, 15) is 0 Å². The lowest BCUT2D eigenvalue weighted by Gasteiger charge is -2.24. The zero-order chi connectivity index (χ0) is 13.2. The summed E-state index contributed by atoms with van der Waals surface area (Å²) in [4.78, 5) is 0. The number of rotatable bonds is 2. The number of thioether (sulfide) groups is 1. The molecule has 1 atom stereocenters. The molecule has 0 aromatic heterocycles. The lowest BCUT2D eigenvalue weighted by atomic mass is 9.84. The van der Waals surface area contributed by atoms with Crippen molar-refractivity contribution >= 4 is 11.8 Å². The fourth-order valence-electron chi connectivity index (χ4n) is 2.51. The zero-order valence-electron chi connectivity index (χ0n) is 12.0. The van der Waals surface area contributed by atoms with Crippen LogP contribution in [0.3, 0.4) is 0 Å². The van der Waals surface area contributed by atoms with E-state index in [1.807, 2.05) is 0 Å². The van der Waals surface area contributed by atoms with Crippen molar-refractivity contribution in [2.75, 3.05) is 12.3 Å². The van der Waals surface area contributed by atoms with E-state index in [0.29, 0.717) is 6.04 Å². The Kier molecular flexibility index (Phi) is 4.39. The Hall–Kier alpha value is -0.470. The van der Waals surface area contributed by atoms with Crippen LogP contribution in [0, 0.1) is 0 Å². The van der Waals surface area contributed by atoms with Gasteiger partial charge in [0.2, 0.25) is 0 Å².